The Labute approximate surface area is 170 Å². The van der Waals surface area contributed by atoms with Crippen molar-refractivity contribution < 1.29 is 14.7 Å². The fraction of sp³-hybridized carbons (Fsp3) is 0.364. The summed E-state index contributed by atoms with van der Waals surface area (Å²) in [6, 6.07) is 16.1. The van der Waals surface area contributed by atoms with E-state index in [0.717, 1.165) is 11.1 Å². The lowest BCUT2D eigenvalue weighted by atomic mass is 10.0. The number of carbonyl (C=O) groups excluding carboxylic acids is 2. The van der Waals surface area contributed by atoms with Gasteiger partial charge in [0.15, 0.2) is 0 Å². The van der Waals surface area contributed by atoms with Crippen LogP contribution in [0, 0.1) is 0 Å². The smallest absolute Gasteiger partial charge is 0.243 e. The third-order valence-corrected chi connectivity index (χ3v) is 5.51. The van der Waals surface area contributed by atoms with Crippen molar-refractivity contribution in [2.24, 2.45) is 0 Å². The van der Waals surface area contributed by atoms with Crippen molar-refractivity contribution >= 4 is 23.4 Å². The molecule has 2 aromatic rings. The van der Waals surface area contributed by atoms with Crippen molar-refractivity contribution in [2.75, 3.05) is 0 Å². The lowest BCUT2D eigenvalue weighted by Gasteiger charge is -2.28. The van der Waals surface area contributed by atoms with Gasteiger partial charge in [-0.25, -0.2) is 0 Å². The van der Waals surface area contributed by atoms with E-state index in [1.165, 1.54) is 0 Å². The van der Waals surface area contributed by atoms with E-state index in [1.807, 2.05) is 48.5 Å². The van der Waals surface area contributed by atoms with E-state index in [9.17, 15) is 14.7 Å². The van der Waals surface area contributed by atoms with Gasteiger partial charge in [-0.3, -0.25) is 9.59 Å². The molecule has 0 bridgehead atoms. The molecular formula is C22H25ClN2O3. The van der Waals surface area contributed by atoms with Gasteiger partial charge in [0.05, 0.1) is 12.1 Å². The minimum absolute atomic E-state index is 0.0586. The normalized spacial score (nSPS) is 18.8. The monoisotopic (exact) mass is 400 g/mol. The number of halogens is 1. The maximum absolute atomic E-state index is 12.9. The van der Waals surface area contributed by atoms with E-state index in [2.05, 4.69) is 5.32 Å². The molecule has 6 heteroatoms. The highest BCUT2D eigenvalue weighted by Gasteiger charge is 2.37. The molecule has 5 nitrogen and oxygen atoms in total. The largest absolute Gasteiger partial charge is 0.391 e. The summed E-state index contributed by atoms with van der Waals surface area (Å²) in [5.74, 6) is -0.295. The summed E-state index contributed by atoms with van der Waals surface area (Å²) in [5, 5.41) is 13.7. The van der Waals surface area contributed by atoms with Crippen LogP contribution in [-0.4, -0.2) is 40.0 Å². The predicted octanol–water partition coefficient (Wildman–Crippen LogP) is 2.94. The van der Waals surface area contributed by atoms with Crippen molar-refractivity contribution in [3.63, 3.8) is 0 Å². The van der Waals surface area contributed by atoms with Gasteiger partial charge in [0, 0.05) is 18.0 Å². The van der Waals surface area contributed by atoms with Crippen molar-refractivity contribution in [3.05, 3.63) is 70.7 Å². The molecule has 3 atom stereocenters. The molecule has 0 aliphatic carbocycles. The number of nitrogens with zero attached hydrogens (tertiary/aromatic N) is 1. The predicted molar refractivity (Wildman–Crippen MR) is 109 cm³/mol. The number of nitrogens with one attached hydrogen (secondary N) is 1. The third kappa shape index (κ3) is 4.91. The van der Waals surface area contributed by atoms with E-state index in [4.69, 9.17) is 11.6 Å². The maximum atomic E-state index is 12.9. The zero-order valence-corrected chi connectivity index (χ0v) is 16.6. The Kier molecular flexibility index (Phi) is 6.70. The number of carbonyl (C=O) groups is 2. The van der Waals surface area contributed by atoms with Crippen LogP contribution in [0.25, 0.3) is 0 Å². The topological polar surface area (TPSA) is 69.6 Å². The van der Waals surface area contributed by atoms with Crippen molar-refractivity contribution in [2.45, 2.75) is 50.9 Å². The minimum Gasteiger partial charge on any atom is -0.391 e. The quantitative estimate of drug-likeness (QED) is 0.750. The van der Waals surface area contributed by atoms with E-state index < -0.39 is 18.2 Å². The number of hydrogen-bond donors (Lipinski definition) is 2. The second kappa shape index (κ2) is 9.22. The van der Waals surface area contributed by atoms with Crippen LogP contribution in [0.15, 0.2) is 54.6 Å². The van der Waals surface area contributed by atoms with Crippen LogP contribution in [0.4, 0.5) is 0 Å². The van der Waals surface area contributed by atoms with Gasteiger partial charge in [-0.2, -0.15) is 0 Å². The average Bonchev–Trinajstić information content (AvgIpc) is 3.04. The van der Waals surface area contributed by atoms with E-state index in [0.29, 0.717) is 30.8 Å². The first-order valence-electron chi connectivity index (χ1n) is 9.51. The Bertz CT molecular complexity index is 826. The van der Waals surface area contributed by atoms with Crippen molar-refractivity contribution in [1.82, 2.24) is 10.2 Å². The number of aliphatic hydroxyl groups is 1. The molecule has 1 heterocycles. The Morgan fingerprint density at radius 2 is 1.89 bits per heavy atom. The standard InChI is InChI=1S/C22H25ClN2O3/c1-15(26)19(13-16-7-3-2-4-8-16)24-22(28)20-11-12-21(27)25(20)14-17-9-5-6-10-18(17)23/h2-10,15,19-20,26H,11-14H2,1H3,(H,24,28)/t15?,19?,20-/m1/s1. The van der Waals surface area contributed by atoms with E-state index in [1.54, 1.807) is 17.9 Å². The SMILES string of the molecule is CC(O)C(Cc1ccccc1)NC(=O)[C@H]1CCC(=O)N1Cc1ccccc1Cl. The number of amides is 2. The second-order valence-electron chi connectivity index (χ2n) is 7.21. The number of likely N-dealkylation sites (tertiary alicyclic amines) is 1. The van der Waals surface area contributed by atoms with Gasteiger partial charge in [0.25, 0.3) is 0 Å². The van der Waals surface area contributed by atoms with E-state index >= 15 is 0 Å². The molecule has 0 saturated carbocycles. The average molecular weight is 401 g/mol. The van der Waals surface area contributed by atoms with Crippen LogP contribution in [-0.2, 0) is 22.6 Å². The van der Waals surface area contributed by atoms with Crippen LogP contribution in [0.3, 0.4) is 0 Å². The number of hydrogen-bond acceptors (Lipinski definition) is 3. The molecular weight excluding hydrogens is 376 g/mol. The summed E-state index contributed by atoms with van der Waals surface area (Å²) in [6.45, 7) is 1.96. The fourth-order valence-corrected chi connectivity index (χ4v) is 3.70. The molecule has 2 N–H and O–H groups in total. The van der Waals surface area contributed by atoms with Crippen LogP contribution >= 0.6 is 11.6 Å². The van der Waals surface area contributed by atoms with Crippen LogP contribution < -0.4 is 5.32 Å². The molecule has 0 radical (unpaired) electrons. The van der Waals surface area contributed by atoms with Crippen molar-refractivity contribution in [1.29, 1.82) is 0 Å². The van der Waals surface area contributed by atoms with Gasteiger partial charge in [0.2, 0.25) is 11.8 Å². The zero-order valence-electron chi connectivity index (χ0n) is 15.8. The highest BCUT2D eigenvalue weighted by Crippen LogP contribution is 2.25. The summed E-state index contributed by atoms with van der Waals surface area (Å²) in [5.41, 5.74) is 1.85. The van der Waals surface area contributed by atoms with Crippen LogP contribution in [0.1, 0.15) is 30.9 Å². The number of aliphatic hydroxyl groups excluding tert-OH is 1. The summed E-state index contributed by atoms with van der Waals surface area (Å²) < 4.78 is 0. The molecule has 0 spiro atoms. The molecule has 1 fully saturated rings. The Balaban J connectivity index is 1.70. The molecule has 3 rings (SSSR count). The summed E-state index contributed by atoms with van der Waals surface area (Å²) in [4.78, 5) is 26.9. The molecule has 28 heavy (non-hydrogen) atoms. The van der Waals surface area contributed by atoms with E-state index in [-0.39, 0.29) is 11.8 Å². The highest BCUT2D eigenvalue weighted by atomic mass is 35.5. The molecule has 1 saturated heterocycles. The lowest BCUT2D eigenvalue weighted by Crippen LogP contribution is -2.51. The van der Waals surface area contributed by atoms with Gasteiger partial charge in [-0.05, 0) is 37.0 Å². The lowest BCUT2D eigenvalue weighted by molar-refractivity contribution is -0.136. The number of benzene rings is 2. The van der Waals surface area contributed by atoms with Gasteiger partial charge in [-0.15, -0.1) is 0 Å². The third-order valence-electron chi connectivity index (χ3n) is 5.14. The van der Waals surface area contributed by atoms with Gasteiger partial charge in [0.1, 0.15) is 6.04 Å². The maximum Gasteiger partial charge on any atom is 0.243 e. The first-order valence-corrected chi connectivity index (χ1v) is 9.88. The van der Waals surface area contributed by atoms with Gasteiger partial charge in [-0.1, -0.05) is 60.1 Å². The number of rotatable bonds is 7. The summed E-state index contributed by atoms with van der Waals surface area (Å²) in [7, 11) is 0. The minimum atomic E-state index is -0.710. The Hall–Kier alpha value is -2.37. The molecule has 0 aromatic heterocycles. The molecule has 148 valence electrons. The molecule has 1 aliphatic rings. The van der Waals surface area contributed by atoms with Crippen molar-refractivity contribution in [3.8, 4) is 0 Å². The van der Waals surface area contributed by atoms with Crippen LogP contribution in [0.5, 0.6) is 0 Å². The molecule has 2 amide bonds. The van der Waals surface area contributed by atoms with Gasteiger partial charge < -0.3 is 15.3 Å². The Morgan fingerprint density at radius 1 is 1.21 bits per heavy atom. The van der Waals surface area contributed by atoms with Gasteiger partial charge >= 0.3 is 0 Å². The molecule has 2 unspecified atom stereocenters. The molecule has 1 aliphatic heterocycles. The second-order valence-corrected chi connectivity index (χ2v) is 7.62. The zero-order chi connectivity index (χ0) is 20.1. The summed E-state index contributed by atoms with van der Waals surface area (Å²) in [6.07, 6.45) is 0.612. The highest BCUT2D eigenvalue weighted by molar-refractivity contribution is 6.31. The first kappa shape index (κ1) is 20.4. The Morgan fingerprint density at radius 3 is 2.57 bits per heavy atom. The summed E-state index contributed by atoms with van der Waals surface area (Å²) >= 11 is 6.22. The van der Waals surface area contributed by atoms with Crippen LogP contribution in [0.2, 0.25) is 5.02 Å². The first-order chi connectivity index (χ1) is 13.5. The fourth-order valence-electron chi connectivity index (χ4n) is 3.50. The molecule has 2 aromatic carbocycles.